The molecule has 0 saturated heterocycles. The van der Waals surface area contributed by atoms with Crippen molar-refractivity contribution in [1.29, 1.82) is 0 Å². The molecule has 304 valence electrons. The molecule has 1 aliphatic carbocycles. The Morgan fingerprint density at radius 3 is 2.47 bits per heavy atom. The number of hydrogen-bond acceptors (Lipinski definition) is 9. The maximum Gasteiger partial charge on any atom is 0.416 e. The number of rotatable bonds is 13. The fourth-order valence-electron chi connectivity index (χ4n) is 6.66. The number of nitrogens with zero attached hydrogens (tertiary/aromatic N) is 4. The molecule has 3 aromatic heterocycles. The molecule has 2 aromatic carbocycles. The van der Waals surface area contributed by atoms with Gasteiger partial charge in [-0.15, -0.1) is 0 Å². The summed E-state index contributed by atoms with van der Waals surface area (Å²) < 4.78 is 59.3. The highest BCUT2D eigenvalue weighted by molar-refractivity contribution is 14.1. The lowest BCUT2D eigenvalue weighted by Crippen LogP contribution is -2.39. The molecule has 0 aliphatic heterocycles. The highest BCUT2D eigenvalue weighted by Gasteiger charge is 2.32. The molecule has 0 bridgehead atoms. The van der Waals surface area contributed by atoms with Crippen molar-refractivity contribution < 1.29 is 37.0 Å². The molecule has 2 amide bonds. The zero-order valence-corrected chi connectivity index (χ0v) is 35.2. The minimum atomic E-state index is -4.58. The number of alkyl halides is 3. The van der Waals surface area contributed by atoms with E-state index in [1.54, 1.807) is 44.7 Å². The third-order valence-electron chi connectivity index (χ3n) is 9.61. The third-order valence-corrected chi connectivity index (χ3v) is 11.8. The molecule has 0 spiro atoms. The molecular weight excluding hydrogens is 874 g/mol. The number of pyridine rings is 2. The average Bonchev–Trinajstić information content (AvgIpc) is 3.59. The number of alkyl carbamates (subject to hydrolysis) is 1. The van der Waals surface area contributed by atoms with Crippen LogP contribution in [0.1, 0.15) is 53.2 Å². The van der Waals surface area contributed by atoms with E-state index >= 15 is 0 Å². The quantitative estimate of drug-likeness (QED) is 0.0988. The second-order valence-electron chi connectivity index (χ2n) is 14.6. The van der Waals surface area contributed by atoms with E-state index in [-0.39, 0.29) is 23.5 Å². The Kier molecular flexibility index (Phi) is 13.1. The zero-order valence-electron chi connectivity index (χ0n) is 32.2. The van der Waals surface area contributed by atoms with Crippen LogP contribution in [0.25, 0.3) is 22.2 Å². The third kappa shape index (κ3) is 10.4. The van der Waals surface area contributed by atoms with Gasteiger partial charge in [-0.05, 0) is 103 Å². The van der Waals surface area contributed by atoms with Gasteiger partial charge in [0.2, 0.25) is 0 Å². The molecule has 1 saturated carbocycles. The zero-order chi connectivity index (χ0) is 40.9. The van der Waals surface area contributed by atoms with Crippen molar-refractivity contribution in [2.75, 3.05) is 56.0 Å². The maximum atomic E-state index is 13.3. The van der Waals surface area contributed by atoms with Crippen LogP contribution < -0.4 is 25.4 Å². The largest absolute Gasteiger partial charge is 0.497 e. The number of ether oxygens (including phenoxy) is 3. The molecule has 3 N–H and O–H groups in total. The molecule has 6 rings (SSSR count). The first-order valence-corrected chi connectivity index (χ1v) is 22.3. The highest BCUT2D eigenvalue weighted by Crippen LogP contribution is 2.40. The first-order valence-electron chi connectivity index (χ1n) is 18.2. The van der Waals surface area contributed by atoms with Gasteiger partial charge in [0.05, 0.1) is 40.3 Å². The van der Waals surface area contributed by atoms with Gasteiger partial charge in [0.25, 0.3) is 5.91 Å². The Balaban J connectivity index is 1.32. The van der Waals surface area contributed by atoms with E-state index in [4.69, 9.17) is 24.3 Å². The number of carbonyl (C=O) groups is 2. The summed E-state index contributed by atoms with van der Waals surface area (Å²) in [5, 5.41) is 15.0. The normalized spacial score (nSPS) is 16.2. The van der Waals surface area contributed by atoms with Gasteiger partial charge < -0.3 is 30.2 Å². The summed E-state index contributed by atoms with van der Waals surface area (Å²) in [5.74, 6) is 1.90. The molecule has 3 heterocycles. The van der Waals surface area contributed by atoms with Crippen molar-refractivity contribution in [1.82, 2.24) is 25.1 Å². The van der Waals surface area contributed by atoms with Crippen LogP contribution in [-0.4, -0.2) is 83.1 Å². The summed E-state index contributed by atoms with van der Waals surface area (Å²) in [5.41, 5.74) is 2.35. The van der Waals surface area contributed by atoms with Gasteiger partial charge in [-0.2, -0.15) is 18.3 Å². The first kappa shape index (κ1) is 41.8. The Labute approximate surface area is 344 Å². The number of nitrogens with one attached hydrogen (secondary N) is 3. The van der Waals surface area contributed by atoms with Crippen LogP contribution in [0.15, 0.2) is 67.0 Å². The minimum Gasteiger partial charge on any atom is -0.497 e. The van der Waals surface area contributed by atoms with E-state index < -0.39 is 33.8 Å². The topological polar surface area (TPSA) is 142 Å². The summed E-state index contributed by atoms with van der Waals surface area (Å²) in [6, 6.07) is 13.7. The SMILES string of the molecule is COc1ccc(CNc2ncc(I)c3c2c(-c2ccc(C(=O)Nc4cc(C(F)(F)F)ccn4)cc2)nn3[C@@H]2CCC[C@@H](NC(=O)OCCS(C)(C)C)C2)c(OC)c1. The second kappa shape index (κ2) is 17.8. The lowest BCUT2D eigenvalue weighted by Gasteiger charge is -2.30. The van der Waals surface area contributed by atoms with Crippen LogP contribution in [0.4, 0.5) is 29.6 Å². The van der Waals surface area contributed by atoms with Crippen LogP contribution in [0, 0.1) is 3.57 Å². The van der Waals surface area contributed by atoms with Gasteiger partial charge in [-0.25, -0.2) is 24.8 Å². The van der Waals surface area contributed by atoms with E-state index in [1.807, 2.05) is 22.9 Å². The fraction of sp³-hybridized carbons (Fsp3) is 0.375. The second-order valence-corrected chi connectivity index (χ2v) is 20.3. The molecule has 17 heteroatoms. The molecule has 1 fully saturated rings. The lowest BCUT2D eigenvalue weighted by atomic mass is 9.91. The van der Waals surface area contributed by atoms with Crippen LogP contribution in [0.5, 0.6) is 11.5 Å². The molecular formula is C40H45F3IN7O5S. The van der Waals surface area contributed by atoms with Crippen LogP contribution in [-0.2, 0) is 17.5 Å². The van der Waals surface area contributed by atoms with E-state index in [1.165, 1.54) is 0 Å². The standard InChI is InChI=1S/C40H45F3IN7O5S/c1-54-30-14-13-26(32(21-30)55-2)22-46-37-34-35(24-9-11-25(12-10-24)38(52)49-33-19-27(15-16-45-33)40(41,42)43)50-51(36(34)31(44)23-47-37)29-8-6-7-28(20-29)48-39(53)56-17-18-57(3,4)5/h9-16,19,21,23,28-29H,6-8,17-18,20,22H2,1-5H3,(H,46,47)(H,48,53)(H,45,49,52)/t28-,29-/m1/s1. The van der Waals surface area contributed by atoms with Crippen molar-refractivity contribution in [3.8, 4) is 22.8 Å². The van der Waals surface area contributed by atoms with E-state index in [9.17, 15) is 22.8 Å². The molecule has 0 unspecified atom stereocenters. The summed E-state index contributed by atoms with van der Waals surface area (Å²) in [7, 11) is 2.40. The maximum absolute atomic E-state index is 13.3. The van der Waals surface area contributed by atoms with Crippen molar-refractivity contribution in [3.05, 3.63) is 87.3 Å². The fourth-order valence-corrected chi connectivity index (χ4v) is 7.90. The summed E-state index contributed by atoms with van der Waals surface area (Å²) in [4.78, 5) is 34.6. The van der Waals surface area contributed by atoms with Crippen molar-refractivity contribution in [2.45, 2.75) is 50.5 Å². The molecule has 12 nitrogen and oxygen atoms in total. The number of methoxy groups -OCH3 is 2. The Morgan fingerprint density at radius 2 is 1.77 bits per heavy atom. The Bertz CT molecular complexity index is 2230. The van der Waals surface area contributed by atoms with Gasteiger partial charge in [0.15, 0.2) is 0 Å². The van der Waals surface area contributed by atoms with Gasteiger partial charge >= 0.3 is 12.3 Å². The van der Waals surface area contributed by atoms with Gasteiger partial charge in [0, 0.05) is 53.5 Å². The molecule has 57 heavy (non-hydrogen) atoms. The van der Waals surface area contributed by atoms with Gasteiger partial charge in [-0.3, -0.25) is 9.48 Å². The summed E-state index contributed by atoms with van der Waals surface area (Å²) >= 11 is 2.26. The molecule has 0 radical (unpaired) electrons. The van der Waals surface area contributed by atoms with Crippen molar-refractivity contribution in [3.63, 3.8) is 0 Å². The van der Waals surface area contributed by atoms with Crippen LogP contribution in [0.2, 0.25) is 0 Å². The number of halogens is 4. The number of amides is 2. The van der Waals surface area contributed by atoms with E-state index in [0.717, 1.165) is 63.4 Å². The number of benzene rings is 2. The number of anilines is 2. The van der Waals surface area contributed by atoms with Crippen LogP contribution in [0.3, 0.4) is 0 Å². The number of fused-ring (bicyclic) bond motifs is 1. The Hall–Kier alpha value is -4.78. The number of carbonyl (C=O) groups excluding carboxylic acids is 2. The van der Waals surface area contributed by atoms with E-state index in [0.29, 0.717) is 48.1 Å². The number of hydrogen-bond donors (Lipinski definition) is 3. The van der Waals surface area contributed by atoms with E-state index in [2.05, 4.69) is 62.3 Å². The lowest BCUT2D eigenvalue weighted by molar-refractivity contribution is -0.137. The smallest absolute Gasteiger partial charge is 0.416 e. The predicted octanol–water partition coefficient (Wildman–Crippen LogP) is 8.90. The van der Waals surface area contributed by atoms with Crippen molar-refractivity contribution >= 4 is 67.2 Å². The molecule has 2 atom stereocenters. The monoisotopic (exact) mass is 919 g/mol. The van der Waals surface area contributed by atoms with Crippen LogP contribution >= 0.6 is 32.6 Å². The summed E-state index contributed by atoms with van der Waals surface area (Å²) in [6.07, 6.45) is 7.52. The predicted molar refractivity (Wildman–Crippen MR) is 226 cm³/mol. The highest BCUT2D eigenvalue weighted by atomic mass is 127. The molecule has 1 aliphatic rings. The van der Waals surface area contributed by atoms with Crippen molar-refractivity contribution in [2.24, 2.45) is 0 Å². The summed E-state index contributed by atoms with van der Waals surface area (Å²) in [6.45, 7) is 0.747. The number of aromatic nitrogens is 4. The minimum absolute atomic E-state index is 0.0604. The van der Waals surface area contributed by atoms with Gasteiger partial charge in [-0.1, -0.05) is 12.1 Å². The molecule has 5 aromatic rings. The average molecular weight is 920 g/mol. The first-order chi connectivity index (χ1) is 27.1. The Morgan fingerprint density at radius 1 is 1.00 bits per heavy atom. The van der Waals surface area contributed by atoms with Gasteiger partial charge in [0.1, 0.15) is 35.4 Å².